The van der Waals surface area contributed by atoms with E-state index in [-0.39, 0.29) is 12.1 Å². The molecule has 0 fully saturated rings. The van der Waals surface area contributed by atoms with E-state index in [1.54, 1.807) is 0 Å². The van der Waals surface area contributed by atoms with Crippen LogP contribution in [0.15, 0.2) is 231 Å². The quantitative estimate of drug-likeness (QED) is 0.159. The highest BCUT2D eigenvalue weighted by molar-refractivity contribution is 7.00. The maximum absolute atomic E-state index is 2.59. The Hall–Kier alpha value is -8.34. The highest BCUT2D eigenvalue weighted by Gasteiger charge is 2.52. The van der Waals surface area contributed by atoms with Gasteiger partial charge in [0.1, 0.15) is 0 Å². The molecular formula is C66H50BN3. The van der Waals surface area contributed by atoms with Crippen molar-refractivity contribution in [2.24, 2.45) is 0 Å². The normalized spacial score (nSPS) is 14.0. The van der Waals surface area contributed by atoms with Gasteiger partial charge in [-0.05, 0) is 164 Å². The molecule has 2 heterocycles. The summed E-state index contributed by atoms with van der Waals surface area (Å²) in [6, 6.07) is 86.5. The molecule has 0 N–H and O–H groups in total. The Morgan fingerprint density at radius 3 is 1.46 bits per heavy atom. The Bertz CT molecular complexity index is 3650. The summed E-state index contributed by atoms with van der Waals surface area (Å²) in [5.41, 5.74) is 27.2. The Labute approximate surface area is 411 Å². The lowest BCUT2D eigenvalue weighted by molar-refractivity contribution is 0.590. The molecule has 0 atom stereocenters. The fourth-order valence-corrected chi connectivity index (χ4v) is 12.6. The molecule has 4 aliphatic rings. The van der Waals surface area contributed by atoms with Crippen molar-refractivity contribution in [2.45, 2.75) is 38.5 Å². The van der Waals surface area contributed by atoms with E-state index in [0.717, 1.165) is 28.4 Å². The first-order valence-corrected chi connectivity index (χ1v) is 24.7. The monoisotopic (exact) mass is 895 g/mol. The van der Waals surface area contributed by atoms with E-state index in [9.17, 15) is 0 Å². The molecule has 0 aromatic heterocycles. The SMILES string of the molecule is Cc1ccc2c(c1)B1c3ccccc3N(c3ccc4c(c3)-c3ccccc3C43c4ccccc4-c4ccccc43)c3cc(C(C)(C)C)cc(c31)N2c1ccc(N(c2ccccc2)c2ccccc2)cc1. The van der Waals surface area contributed by atoms with E-state index in [1.807, 2.05) is 0 Å². The number of aryl methyl sites for hydroxylation is 1. The maximum Gasteiger partial charge on any atom is 0.252 e. The molecule has 3 nitrogen and oxygen atoms in total. The number of fused-ring (bicyclic) bond motifs is 14. The van der Waals surface area contributed by atoms with Crippen LogP contribution in [-0.2, 0) is 10.8 Å². The lowest BCUT2D eigenvalue weighted by Gasteiger charge is -2.45. The summed E-state index contributed by atoms with van der Waals surface area (Å²) < 4.78 is 0. The predicted octanol–water partition coefficient (Wildman–Crippen LogP) is 15.2. The number of hydrogen-bond donors (Lipinski definition) is 0. The maximum atomic E-state index is 2.59. The van der Waals surface area contributed by atoms with Crippen molar-refractivity contribution in [3.63, 3.8) is 0 Å². The summed E-state index contributed by atoms with van der Waals surface area (Å²) in [5.74, 6) is 0. The van der Waals surface area contributed by atoms with Crippen molar-refractivity contribution < 1.29 is 0 Å². The minimum absolute atomic E-state index is 0.0356. The van der Waals surface area contributed by atoms with Crippen LogP contribution in [0, 0.1) is 6.92 Å². The molecule has 1 spiro atoms. The first kappa shape index (κ1) is 40.7. The van der Waals surface area contributed by atoms with Gasteiger partial charge < -0.3 is 14.7 Å². The molecular weight excluding hydrogens is 846 g/mol. The van der Waals surface area contributed by atoms with Crippen molar-refractivity contribution in [2.75, 3.05) is 14.7 Å². The zero-order chi connectivity index (χ0) is 46.9. The zero-order valence-electron chi connectivity index (χ0n) is 39.9. The second-order valence-electron chi connectivity index (χ2n) is 20.5. The smallest absolute Gasteiger partial charge is 0.252 e. The van der Waals surface area contributed by atoms with Gasteiger partial charge >= 0.3 is 0 Å². The van der Waals surface area contributed by atoms with Crippen LogP contribution in [0.4, 0.5) is 51.2 Å². The van der Waals surface area contributed by atoms with E-state index in [0.29, 0.717) is 0 Å². The van der Waals surface area contributed by atoms with Crippen molar-refractivity contribution >= 4 is 74.3 Å². The predicted molar refractivity (Wildman–Crippen MR) is 295 cm³/mol. The third-order valence-electron chi connectivity index (χ3n) is 15.6. The van der Waals surface area contributed by atoms with Crippen LogP contribution in [0.5, 0.6) is 0 Å². The van der Waals surface area contributed by atoms with Crippen LogP contribution in [-0.4, -0.2) is 6.71 Å². The molecule has 4 heteroatoms. The molecule has 14 rings (SSSR count). The van der Waals surface area contributed by atoms with Crippen molar-refractivity contribution in [3.05, 3.63) is 264 Å². The van der Waals surface area contributed by atoms with E-state index in [1.165, 1.54) is 94.8 Å². The third-order valence-corrected chi connectivity index (χ3v) is 15.6. The number of rotatable bonds is 5. The van der Waals surface area contributed by atoms with Gasteiger partial charge in [-0.25, -0.2) is 0 Å². The molecule has 0 saturated carbocycles. The largest absolute Gasteiger partial charge is 0.311 e. The molecule has 70 heavy (non-hydrogen) atoms. The van der Waals surface area contributed by atoms with Gasteiger partial charge in [0.15, 0.2) is 0 Å². The summed E-state index contributed by atoms with van der Waals surface area (Å²) >= 11 is 0. The number of benzene rings is 10. The van der Waals surface area contributed by atoms with Gasteiger partial charge in [0.05, 0.1) is 5.41 Å². The van der Waals surface area contributed by atoms with Gasteiger partial charge in [-0.2, -0.15) is 0 Å². The fraction of sp³-hybridized carbons (Fsp3) is 0.0909. The molecule has 2 aliphatic carbocycles. The molecule has 0 saturated heterocycles. The van der Waals surface area contributed by atoms with Crippen LogP contribution >= 0.6 is 0 Å². The lowest BCUT2D eigenvalue weighted by Crippen LogP contribution is -2.61. The van der Waals surface area contributed by atoms with E-state index in [2.05, 4.69) is 273 Å². The number of anilines is 9. The van der Waals surface area contributed by atoms with E-state index in [4.69, 9.17) is 0 Å². The standard InChI is InChI=1S/C66H50BN3/c1-43-31-38-61-59(39-43)67-58-29-17-18-30-60(58)70(49-36-37-57-53(42-49)52-25-13-16-28-56(52)66(57)54-26-14-11-23-50(54)51-24-12-15-27-55(51)66)63-41-44(65(2,3)4)40-62(64(63)67)69(61)48-34-32-47(33-35-48)68(45-19-7-5-8-20-45)46-21-9-6-10-22-46/h5-42H,1-4H3. The zero-order valence-corrected chi connectivity index (χ0v) is 39.9. The highest BCUT2D eigenvalue weighted by atomic mass is 15.2. The minimum Gasteiger partial charge on any atom is -0.311 e. The van der Waals surface area contributed by atoms with Crippen LogP contribution in [0.2, 0.25) is 0 Å². The second-order valence-corrected chi connectivity index (χ2v) is 20.5. The van der Waals surface area contributed by atoms with Crippen LogP contribution in [0.3, 0.4) is 0 Å². The third kappa shape index (κ3) is 5.71. The summed E-state index contributed by atoms with van der Waals surface area (Å²) in [7, 11) is 0. The van der Waals surface area contributed by atoms with Crippen molar-refractivity contribution in [3.8, 4) is 22.3 Å². The Kier molecular flexibility index (Phi) is 8.77. The number of nitrogens with zero attached hydrogens (tertiary/aromatic N) is 3. The Morgan fingerprint density at radius 2 is 0.857 bits per heavy atom. The van der Waals surface area contributed by atoms with Crippen LogP contribution in [0.25, 0.3) is 22.3 Å². The molecule has 10 aromatic carbocycles. The van der Waals surface area contributed by atoms with Crippen LogP contribution < -0.4 is 31.1 Å². The van der Waals surface area contributed by atoms with Gasteiger partial charge in [-0.1, -0.05) is 172 Å². The summed E-state index contributed by atoms with van der Waals surface area (Å²) in [4.78, 5) is 7.47. The average molecular weight is 896 g/mol. The molecule has 332 valence electrons. The van der Waals surface area contributed by atoms with Crippen molar-refractivity contribution in [1.29, 1.82) is 0 Å². The van der Waals surface area contributed by atoms with Gasteiger partial charge in [-0.3, -0.25) is 0 Å². The lowest BCUT2D eigenvalue weighted by atomic mass is 9.33. The molecule has 0 bridgehead atoms. The Morgan fingerprint density at radius 1 is 0.386 bits per heavy atom. The Balaban J connectivity index is 0.989. The topological polar surface area (TPSA) is 9.72 Å². The average Bonchev–Trinajstić information content (AvgIpc) is 3.86. The van der Waals surface area contributed by atoms with E-state index < -0.39 is 5.41 Å². The number of hydrogen-bond acceptors (Lipinski definition) is 3. The summed E-state index contributed by atoms with van der Waals surface area (Å²) in [6.07, 6.45) is 0. The van der Waals surface area contributed by atoms with E-state index >= 15 is 0 Å². The first-order chi connectivity index (χ1) is 34.3. The van der Waals surface area contributed by atoms with Crippen LogP contribution in [0.1, 0.15) is 54.2 Å². The summed E-state index contributed by atoms with van der Waals surface area (Å²) in [5, 5.41) is 0. The van der Waals surface area contributed by atoms with Gasteiger partial charge in [-0.15, -0.1) is 0 Å². The van der Waals surface area contributed by atoms with Crippen molar-refractivity contribution in [1.82, 2.24) is 0 Å². The molecule has 0 radical (unpaired) electrons. The molecule has 0 amide bonds. The molecule has 0 unspecified atom stereocenters. The van der Waals surface area contributed by atoms with Gasteiger partial charge in [0, 0.05) is 51.2 Å². The molecule has 10 aromatic rings. The van der Waals surface area contributed by atoms with Gasteiger partial charge in [0.2, 0.25) is 0 Å². The second kappa shape index (κ2) is 15.1. The highest BCUT2D eigenvalue weighted by Crippen LogP contribution is 2.63. The molecule has 2 aliphatic heterocycles. The number of para-hydroxylation sites is 3. The fourth-order valence-electron chi connectivity index (χ4n) is 12.6. The summed E-state index contributed by atoms with van der Waals surface area (Å²) in [6.45, 7) is 9.32. The first-order valence-electron chi connectivity index (χ1n) is 24.7. The minimum atomic E-state index is -0.398. The van der Waals surface area contributed by atoms with Gasteiger partial charge in [0.25, 0.3) is 6.71 Å².